The number of nitrogens with one attached hydrogen (secondary N) is 1. The molecule has 0 aliphatic rings. The van der Waals surface area contributed by atoms with Crippen LogP contribution in [0.4, 0.5) is 0 Å². The molecule has 1 aromatic rings. The molecule has 5 heteroatoms. The number of aromatic nitrogens is 1. The van der Waals surface area contributed by atoms with Gasteiger partial charge in [-0.15, -0.1) is 0 Å². The molecule has 90 valence electrons. The van der Waals surface area contributed by atoms with Crippen LogP contribution in [0.1, 0.15) is 16.9 Å². The summed E-state index contributed by atoms with van der Waals surface area (Å²) in [6.45, 7) is 0.429. The molecule has 1 atom stereocenters. The summed E-state index contributed by atoms with van der Waals surface area (Å²) in [5, 5.41) is 11.7. The second-order valence-corrected chi connectivity index (χ2v) is 3.64. The maximum atomic E-state index is 11.8. The van der Waals surface area contributed by atoms with Gasteiger partial charge in [0.05, 0.1) is 12.6 Å². The summed E-state index contributed by atoms with van der Waals surface area (Å²) in [6.07, 6.45) is 2.30. The molecule has 0 saturated heterocycles. The average molecular weight is 226 g/mol. The molecule has 1 aromatic heterocycles. The largest absolute Gasteiger partial charge is 0.396 e. The highest BCUT2D eigenvalue weighted by Crippen LogP contribution is 2.01. The van der Waals surface area contributed by atoms with Gasteiger partial charge >= 0.3 is 0 Å². The number of amides is 1. The van der Waals surface area contributed by atoms with Crippen LogP contribution in [0.15, 0.2) is 18.3 Å². The molecular weight excluding hydrogens is 208 g/mol. The SMILES string of the molecule is COCC(CCO)NC(=O)c1cccn1C. The third kappa shape index (κ3) is 3.36. The molecule has 5 nitrogen and oxygen atoms in total. The van der Waals surface area contributed by atoms with Crippen LogP contribution in [0.25, 0.3) is 0 Å². The normalized spacial score (nSPS) is 12.4. The van der Waals surface area contributed by atoms with E-state index in [4.69, 9.17) is 9.84 Å². The maximum Gasteiger partial charge on any atom is 0.268 e. The number of nitrogens with zero attached hydrogens (tertiary/aromatic N) is 1. The highest BCUT2D eigenvalue weighted by Gasteiger charge is 2.14. The first-order chi connectivity index (χ1) is 7.69. The van der Waals surface area contributed by atoms with Crippen molar-refractivity contribution in [3.8, 4) is 0 Å². The molecule has 0 saturated carbocycles. The van der Waals surface area contributed by atoms with Crippen LogP contribution in [-0.4, -0.2) is 41.9 Å². The van der Waals surface area contributed by atoms with Crippen LogP contribution in [-0.2, 0) is 11.8 Å². The van der Waals surface area contributed by atoms with Gasteiger partial charge in [0, 0.05) is 27.0 Å². The van der Waals surface area contributed by atoms with Gasteiger partial charge in [-0.25, -0.2) is 0 Å². The molecule has 1 heterocycles. The first kappa shape index (κ1) is 12.7. The second kappa shape index (κ2) is 6.30. The molecule has 2 N–H and O–H groups in total. The molecule has 1 unspecified atom stereocenters. The zero-order valence-electron chi connectivity index (χ0n) is 9.64. The van der Waals surface area contributed by atoms with Gasteiger partial charge in [-0.3, -0.25) is 4.79 Å². The van der Waals surface area contributed by atoms with E-state index in [2.05, 4.69) is 5.32 Å². The van der Waals surface area contributed by atoms with Crippen molar-refractivity contribution in [2.45, 2.75) is 12.5 Å². The number of methoxy groups -OCH3 is 1. The Kier molecular flexibility index (Phi) is 5.01. The van der Waals surface area contributed by atoms with Crippen LogP contribution in [0, 0.1) is 0 Å². The van der Waals surface area contributed by atoms with E-state index >= 15 is 0 Å². The van der Waals surface area contributed by atoms with E-state index in [1.165, 1.54) is 0 Å². The number of carbonyl (C=O) groups is 1. The van der Waals surface area contributed by atoms with Crippen LogP contribution >= 0.6 is 0 Å². The zero-order chi connectivity index (χ0) is 12.0. The lowest BCUT2D eigenvalue weighted by molar-refractivity contribution is 0.0871. The van der Waals surface area contributed by atoms with Gasteiger partial charge in [-0.05, 0) is 18.6 Å². The lowest BCUT2D eigenvalue weighted by Gasteiger charge is -2.16. The van der Waals surface area contributed by atoms with Gasteiger partial charge in [0.15, 0.2) is 0 Å². The Morgan fingerprint density at radius 1 is 1.69 bits per heavy atom. The maximum absolute atomic E-state index is 11.8. The van der Waals surface area contributed by atoms with Crippen molar-refractivity contribution in [1.82, 2.24) is 9.88 Å². The molecule has 0 bridgehead atoms. The predicted octanol–water partition coefficient (Wildman–Crippen LogP) is 0.152. The summed E-state index contributed by atoms with van der Waals surface area (Å²) >= 11 is 0. The van der Waals surface area contributed by atoms with E-state index in [-0.39, 0.29) is 18.6 Å². The summed E-state index contributed by atoms with van der Waals surface area (Å²) in [6, 6.07) is 3.40. The van der Waals surface area contributed by atoms with E-state index in [0.29, 0.717) is 18.7 Å². The van der Waals surface area contributed by atoms with Crippen molar-refractivity contribution in [3.05, 3.63) is 24.0 Å². The first-order valence-electron chi connectivity index (χ1n) is 5.21. The Hall–Kier alpha value is -1.33. The molecule has 0 fully saturated rings. The third-order valence-electron chi connectivity index (χ3n) is 2.36. The summed E-state index contributed by atoms with van der Waals surface area (Å²) < 4.78 is 6.72. The highest BCUT2D eigenvalue weighted by atomic mass is 16.5. The third-order valence-corrected chi connectivity index (χ3v) is 2.36. The number of carbonyl (C=O) groups excluding carboxylic acids is 1. The fourth-order valence-electron chi connectivity index (χ4n) is 1.51. The number of aliphatic hydroxyl groups is 1. The molecular formula is C11H18N2O3. The standard InChI is InChI=1S/C11H18N2O3/c1-13-6-3-4-10(13)11(15)12-9(5-7-14)8-16-2/h3-4,6,9,14H,5,7-8H2,1-2H3,(H,12,15). The molecule has 1 amide bonds. The van der Waals surface area contributed by atoms with E-state index in [0.717, 1.165) is 0 Å². The number of hydrogen-bond acceptors (Lipinski definition) is 3. The van der Waals surface area contributed by atoms with Crippen molar-refractivity contribution < 1.29 is 14.6 Å². The minimum Gasteiger partial charge on any atom is -0.396 e. The first-order valence-corrected chi connectivity index (χ1v) is 5.21. The quantitative estimate of drug-likeness (QED) is 0.726. The Morgan fingerprint density at radius 2 is 2.44 bits per heavy atom. The van der Waals surface area contributed by atoms with Crippen LogP contribution < -0.4 is 5.32 Å². The van der Waals surface area contributed by atoms with Gasteiger partial charge in [0.2, 0.25) is 0 Å². The topological polar surface area (TPSA) is 63.5 Å². The van der Waals surface area contributed by atoms with Gasteiger partial charge in [-0.2, -0.15) is 0 Å². The summed E-state index contributed by atoms with van der Waals surface area (Å²) in [5.41, 5.74) is 0.596. The smallest absolute Gasteiger partial charge is 0.268 e. The molecule has 0 spiro atoms. The Labute approximate surface area is 95.0 Å². The zero-order valence-corrected chi connectivity index (χ0v) is 9.64. The average Bonchev–Trinajstić information content (AvgIpc) is 2.65. The number of rotatable bonds is 6. The second-order valence-electron chi connectivity index (χ2n) is 3.64. The van der Waals surface area contributed by atoms with Crippen molar-refractivity contribution in [2.24, 2.45) is 7.05 Å². The van der Waals surface area contributed by atoms with E-state index in [9.17, 15) is 4.79 Å². The lowest BCUT2D eigenvalue weighted by atomic mass is 10.2. The number of hydrogen-bond donors (Lipinski definition) is 2. The number of ether oxygens (including phenoxy) is 1. The van der Waals surface area contributed by atoms with Crippen LogP contribution in [0.2, 0.25) is 0 Å². The van der Waals surface area contributed by atoms with E-state index in [1.807, 2.05) is 19.3 Å². The van der Waals surface area contributed by atoms with Crippen LogP contribution in [0.3, 0.4) is 0 Å². The van der Waals surface area contributed by atoms with E-state index < -0.39 is 0 Å². The fourth-order valence-corrected chi connectivity index (χ4v) is 1.51. The highest BCUT2D eigenvalue weighted by molar-refractivity contribution is 5.92. The number of aliphatic hydroxyl groups excluding tert-OH is 1. The monoisotopic (exact) mass is 226 g/mol. The van der Waals surface area contributed by atoms with Gasteiger partial charge in [0.25, 0.3) is 5.91 Å². The fraction of sp³-hybridized carbons (Fsp3) is 0.545. The minimum absolute atomic E-state index is 0.0292. The molecule has 16 heavy (non-hydrogen) atoms. The minimum atomic E-state index is -0.155. The van der Waals surface area contributed by atoms with Crippen molar-refractivity contribution in [3.63, 3.8) is 0 Å². The summed E-state index contributed by atoms with van der Waals surface area (Å²) in [7, 11) is 3.38. The number of aryl methyl sites for hydroxylation is 1. The van der Waals surface area contributed by atoms with Gasteiger partial charge in [-0.1, -0.05) is 0 Å². The van der Waals surface area contributed by atoms with Crippen molar-refractivity contribution >= 4 is 5.91 Å². The lowest BCUT2D eigenvalue weighted by Crippen LogP contribution is -2.39. The van der Waals surface area contributed by atoms with Crippen molar-refractivity contribution in [2.75, 3.05) is 20.3 Å². The van der Waals surface area contributed by atoms with Gasteiger partial charge in [0.1, 0.15) is 5.69 Å². The predicted molar refractivity (Wildman–Crippen MR) is 60.2 cm³/mol. The Bertz CT molecular complexity index is 330. The molecule has 1 rings (SSSR count). The van der Waals surface area contributed by atoms with E-state index in [1.54, 1.807) is 17.7 Å². The Morgan fingerprint density at radius 3 is 2.94 bits per heavy atom. The van der Waals surface area contributed by atoms with Crippen molar-refractivity contribution in [1.29, 1.82) is 0 Å². The molecule has 0 aliphatic carbocycles. The molecule has 0 radical (unpaired) electrons. The molecule has 0 aromatic carbocycles. The summed E-state index contributed by atoms with van der Waals surface area (Å²) in [4.78, 5) is 11.8. The molecule has 0 aliphatic heterocycles. The Balaban J connectivity index is 2.58. The van der Waals surface area contributed by atoms with Gasteiger partial charge < -0.3 is 19.7 Å². The van der Waals surface area contributed by atoms with Crippen LogP contribution in [0.5, 0.6) is 0 Å². The summed E-state index contributed by atoms with van der Waals surface area (Å²) in [5.74, 6) is -0.150.